The minimum Gasteiger partial charge on any atom is -0.508 e. The molecule has 136 heavy (non-hydrogen) atoms. The summed E-state index contributed by atoms with van der Waals surface area (Å²) in [6.45, 7) is 2.70. The second-order valence-corrected chi connectivity index (χ2v) is 35.1. The molecule has 3 aliphatic heterocycles. The van der Waals surface area contributed by atoms with Gasteiger partial charge in [-0.25, -0.2) is 17.6 Å². The van der Waals surface area contributed by atoms with E-state index in [2.05, 4.69) is 52.8 Å². The number of likely N-dealkylation sites (N-methyl/N-ethyl adjacent to an activating group) is 3. The Morgan fingerprint density at radius 2 is 1.10 bits per heavy atom. The minimum atomic E-state index is -2.00. The summed E-state index contributed by atoms with van der Waals surface area (Å²) in [7, 11) is 3.54. The Labute approximate surface area is 785 Å². The number of thioether (sulfide) groups is 1. The lowest BCUT2D eigenvalue weighted by atomic mass is 9.98. The van der Waals surface area contributed by atoms with E-state index in [0.29, 0.717) is 57.9 Å². The minimum absolute atomic E-state index is 0.0705. The van der Waals surface area contributed by atoms with Crippen LogP contribution in [0, 0.1) is 29.2 Å². The largest absolute Gasteiger partial charge is 0.508 e. The van der Waals surface area contributed by atoms with Crippen molar-refractivity contribution in [3.8, 4) is 5.75 Å². The van der Waals surface area contributed by atoms with Crippen LogP contribution in [-0.4, -0.2) is 296 Å². The maximum Gasteiger partial charge on any atom is 0.305 e. The van der Waals surface area contributed by atoms with Crippen molar-refractivity contribution in [3.05, 3.63) is 173 Å². The van der Waals surface area contributed by atoms with Gasteiger partial charge in [-0.3, -0.25) is 81.5 Å². The number of para-hydroxylation sites is 1. The Hall–Kier alpha value is -13.6. The topological polar surface area (TPSA) is 552 Å². The number of unbranched alkanes of at least 4 members (excludes halogenated alkanes) is 2. The molecule has 0 saturated carbocycles. The zero-order chi connectivity index (χ0) is 99.3. The van der Waals surface area contributed by atoms with E-state index in [1.54, 1.807) is 67.7 Å². The fraction of sp³-hybridized carbons (Fsp3) is 0.473. The number of aromatic hydroxyl groups is 1. The van der Waals surface area contributed by atoms with Crippen molar-refractivity contribution in [1.29, 1.82) is 0 Å². The zero-order valence-corrected chi connectivity index (χ0v) is 76.9. The average Bonchev–Trinajstić information content (AvgIpc) is 1.38. The van der Waals surface area contributed by atoms with Gasteiger partial charge in [-0.2, -0.15) is 0 Å². The number of halogens is 4. The van der Waals surface area contributed by atoms with Gasteiger partial charge < -0.3 is 109 Å². The Balaban J connectivity index is 1.15. The number of phenolic OH excluding ortho intramolecular Hbond substituents is 1. The number of fused-ring (bicyclic) bond motifs is 3. The van der Waals surface area contributed by atoms with Crippen molar-refractivity contribution >= 4 is 123 Å². The van der Waals surface area contributed by atoms with Crippen LogP contribution < -0.4 is 59.3 Å². The lowest BCUT2D eigenvalue weighted by molar-refractivity contribution is -0.152. The molecule has 43 heteroatoms. The monoisotopic (exact) mass is 1920 g/mol. The molecular formula is C93H117F4N17O21S. The van der Waals surface area contributed by atoms with E-state index >= 15 is 56.7 Å². The molecule has 4 heterocycles. The number of ether oxygens (including phenoxy) is 1. The van der Waals surface area contributed by atoms with Gasteiger partial charge in [0.2, 0.25) is 88.6 Å². The fourth-order valence-corrected chi connectivity index (χ4v) is 17.2. The molecule has 734 valence electrons. The first-order valence-electron chi connectivity index (χ1n) is 44.7. The van der Waals surface area contributed by atoms with Crippen LogP contribution in [0.2, 0.25) is 0 Å². The molecule has 0 bridgehead atoms. The van der Waals surface area contributed by atoms with Crippen molar-refractivity contribution in [3.63, 3.8) is 0 Å². The highest BCUT2D eigenvalue weighted by Crippen LogP contribution is 2.28. The molecule has 13 atom stereocenters. The number of carboxylic acid groups (broad SMARTS) is 2. The predicted octanol–water partition coefficient (Wildman–Crippen LogP) is 1.18. The second-order valence-electron chi connectivity index (χ2n) is 34.1. The third kappa shape index (κ3) is 29.7. The van der Waals surface area contributed by atoms with Crippen molar-refractivity contribution in [2.24, 2.45) is 17.4 Å². The van der Waals surface area contributed by atoms with Crippen LogP contribution in [0.1, 0.15) is 119 Å². The highest BCUT2D eigenvalue weighted by molar-refractivity contribution is 8.00. The number of hydrogen-bond donors (Lipinski definition) is 15. The molecule has 0 spiro atoms. The summed E-state index contributed by atoms with van der Waals surface area (Å²) in [5.41, 5.74) is 12.9. The maximum absolute atomic E-state index is 15.7. The summed E-state index contributed by atoms with van der Waals surface area (Å²) < 4.78 is 65.6. The van der Waals surface area contributed by atoms with Gasteiger partial charge in [0.1, 0.15) is 90.1 Å². The maximum atomic E-state index is 15.7. The van der Waals surface area contributed by atoms with Gasteiger partial charge in [0.05, 0.1) is 31.9 Å². The normalized spacial score (nSPS) is 23.4. The molecule has 5 aromatic carbocycles. The van der Waals surface area contributed by atoms with Crippen molar-refractivity contribution < 1.29 is 119 Å². The Morgan fingerprint density at radius 1 is 0.537 bits per heavy atom. The number of aromatic nitrogens is 1. The molecule has 3 fully saturated rings. The summed E-state index contributed by atoms with van der Waals surface area (Å²) in [5, 5.41) is 54.6. The number of carboxylic acids is 2. The van der Waals surface area contributed by atoms with Gasteiger partial charge in [-0.05, 0) is 128 Å². The van der Waals surface area contributed by atoms with E-state index in [-0.39, 0.29) is 95.3 Å². The Kier molecular flexibility index (Phi) is 39.5. The number of aliphatic carboxylic acids is 2. The van der Waals surface area contributed by atoms with Crippen LogP contribution in [0.25, 0.3) is 10.9 Å². The molecule has 6 aromatic rings. The average molecular weight is 1920 g/mol. The smallest absolute Gasteiger partial charge is 0.305 e. The predicted molar refractivity (Wildman–Crippen MR) is 486 cm³/mol. The molecular weight excluding hydrogens is 1800 g/mol. The SMILES string of the molecule is CCCC[C@H]1C(=O)N2CCC[C@@H]2C(=O)N[C@@H](CC(=O)O)C(=O)N[C@H](C(C)C)C(=O)N(C)[C@@H](Cc2ccccc2)C(=O)N[C@@H](CCC(=O)O)C(=O)N2CCOC[C@@H]2C(=O)N[C@H](Cc2c[nH]c3ccccc23)C(=O)N[C@@H](Cc2ccc(O)cc2)C(=O)N[C@@H](CCCCN)C(=O)N[C@H](C(=O)NCC(N)=O)CSCC(=O)N[C@@H](Cc2cc(F)c(F)c(F)c2)C(=O)N(C)[C@@H](Cc2ccc(F)cc2)C(=O)N1C. The number of carbonyl (C=O) groups excluding carboxylic acids is 15. The number of carbonyl (C=O) groups is 17. The summed E-state index contributed by atoms with van der Waals surface area (Å²) in [6, 6.07) is 3.90. The standard InChI is InChI=1S/C93H117F4N17O21S/c1-7-8-22-71-92(133)113-35-16-23-70(113)86(127)107-67(45-78(120)121)85(126)109-80(51(2)3)93(134)111(5)72(42-52-17-10-9-11-18-52)87(128)104-64(32-33-77(118)119)90(131)114-36-37-135-48-74(114)88(129)106-66(44-56-46-100-62-20-13-12-19-59(56)62)84(125)105-65(40-53-26-30-58(115)31-27-53)83(124)103-63(21-14-15-34-98)82(123)108-69(81(122)101-47-75(99)116)49-136-50-76(117)102-68(41-55-38-60(95)79(97)61(96)39-55)89(130)112(6)73(91(132)110(71)4)43-54-24-28-57(94)29-25-54/h9-13,17-20,24-31,38-39,46,51,63-74,80,100,115H,7-8,14-16,21-23,32-37,40-45,47-50,98H2,1-6H3,(H2,99,116)(H,101,122)(H,102,117)(H,103,124)(H,104,128)(H,105,125)(H,106,129)(H,107,127)(H,108,123)(H,109,126)(H,118,119)(H,120,121)/t63-,64-,65-,66+,67-,68-,69-,70+,71-,72-,73-,74+,80+/m0/s1. The molecule has 0 aliphatic carbocycles. The van der Waals surface area contributed by atoms with Gasteiger partial charge in [0.15, 0.2) is 17.5 Å². The lowest BCUT2D eigenvalue weighted by Crippen LogP contribution is -2.64. The number of phenols is 1. The molecule has 0 radical (unpaired) electrons. The Bertz CT molecular complexity index is 5270. The summed E-state index contributed by atoms with van der Waals surface area (Å²) >= 11 is 0.623. The van der Waals surface area contributed by atoms with E-state index < -0.39 is 277 Å². The first kappa shape index (κ1) is 106. The van der Waals surface area contributed by atoms with E-state index in [1.807, 2.05) is 0 Å². The van der Waals surface area contributed by atoms with Gasteiger partial charge in [0, 0.05) is 95.6 Å². The molecule has 0 unspecified atom stereocenters. The van der Waals surface area contributed by atoms with Crippen LogP contribution in [0.4, 0.5) is 17.6 Å². The molecule has 38 nitrogen and oxygen atoms in total. The summed E-state index contributed by atoms with van der Waals surface area (Å²) in [6.07, 6.45) is -2.64. The van der Waals surface area contributed by atoms with E-state index in [1.165, 1.54) is 64.3 Å². The molecule has 17 N–H and O–H groups in total. The number of nitrogens with one attached hydrogen (secondary N) is 10. The summed E-state index contributed by atoms with van der Waals surface area (Å²) in [4.78, 5) is 258. The van der Waals surface area contributed by atoms with Gasteiger partial charge in [-0.15, -0.1) is 11.8 Å². The van der Waals surface area contributed by atoms with Crippen molar-refractivity contribution in [2.75, 3.05) is 72.0 Å². The van der Waals surface area contributed by atoms with E-state index in [9.17, 15) is 57.7 Å². The van der Waals surface area contributed by atoms with Crippen LogP contribution >= 0.6 is 11.8 Å². The summed E-state index contributed by atoms with van der Waals surface area (Å²) in [5.74, 6) is -27.3. The van der Waals surface area contributed by atoms with E-state index in [0.717, 1.165) is 43.7 Å². The van der Waals surface area contributed by atoms with Gasteiger partial charge in [0.25, 0.3) is 0 Å². The van der Waals surface area contributed by atoms with Crippen LogP contribution in [0.15, 0.2) is 121 Å². The second kappa shape index (κ2) is 50.7. The van der Waals surface area contributed by atoms with Crippen molar-refractivity contribution in [1.82, 2.24) is 77.3 Å². The lowest BCUT2D eigenvalue weighted by Gasteiger charge is -2.38. The molecule has 3 aliphatic rings. The number of amides is 15. The van der Waals surface area contributed by atoms with E-state index in [4.69, 9.17) is 16.2 Å². The third-order valence-electron chi connectivity index (χ3n) is 23.8. The highest BCUT2D eigenvalue weighted by Gasteiger charge is 2.46. The molecule has 9 rings (SSSR count). The number of benzene rings is 5. The van der Waals surface area contributed by atoms with Crippen molar-refractivity contribution in [2.45, 2.75) is 202 Å². The fourth-order valence-electron chi connectivity index (χ4n) is 16.3. The Morgan fingerprint density at radius 3 is 1.76 bits per heavy atom. The number of nitrogens with two attached hydrogens (primary N) is 2. The number of rotatable bonds is 26. The van der Waals surface area contributed by atoms with Crippen LogP contribution in [-0.2, 0) is 118 Å². The number of nitrogens with zero attached hydrogens (tertiary/aromatic N) is 5. The molecule has 3 saturated heterocycles. The number of H-pyrrole nitrogens is 1. The van der Waals surface area contributed by atoms with Crippen LogP contribution in [0.3, 0.4) is 0 Å². The number of morpholine rings is 1. The number of primary amides is 1. The van der Waals surface area contributed by atoms with Gasteiger partial charge >= 0.3 is 11.9 Å². The van der Waals surface area contributed by atoms with Gasteiger partial charge in [-0.1, -0.05) is 106 Å². The number of hydrogen-bond acceptors (Lipinski definition) is 21. The number of aromatic amines is 1. The first-order valence-corrected chi connectivity index (χ1v) is 45.8. The zero-order valence-electron chi connectivity index (χ0n) is 76.1. The van der Waals surface area contributed by atoms with Crippen LogP contribution in [0.5, 0.6) is 5.75 Å². The highest BCUT2D eigenvalue weighted by atomic mass is 32.2. The molecule has 15 amide bonds. The third-order valence-corrected chi connectivity index (χ3v) is 24.9. The molecule has 1 aromatic heterocycles. The quantitative estimate of drug-likeness (QED) is 0.0206. The first-order chi connectivity index (χ1) is 64.7.